The van der Waals surface area contributed by atoms with E-state index in [1.807, 2.05) is 13.8 Å². The van der Waals surface area contributed by atoms with Crippen molar-refractivity contribution in [3.8, 4) is 0 Å². The van der Waals surface area contributed by atoms with Crippen molar-refractivity contribution in [3.05, 3.63) is 0 Å². The molecule has 0 saturated carbocycles. The molecule has 0 aromatic rings. The number of rotatable bonds is 0. The van der Waals surface area contributed by atoms with Gasteiger partial charge in [-0.2, -0.15) is 0 Å². The molecule has 11 heavy (non-hydrogen) atoms. The average molecular weight is 176 g/mol. The Bertz CT molecular complexity index is 115. The van der Waals surface area contributed by atoms with Crippen molar-refractivity contribution in [1.82, 2.24) is 0 Å². The topological polar surface area (TPSA) is 31.0 Å². The minimum atomic E-state index is -0.561. The highest BCUT2D eigenvalue weighted by Crippen LogP contribution is 2.13. The van der Waals surface area contributed by atoms with Gasteiger partial charge in [0, 0.05) is 0 Å². The first-order chi connectivity index (χ1) is 5.10. The van der Waals surface area contributed by atoms with Gasteiger partial charge in [0.05, 0.1) is 24.9 Å². The van der Waals surface area contributed by atoms with E-state index in [-0.39, 0.29) is 5.60 Å². The lowest BCUT2D eigenvalue weighted by Gasteiger charge is -2.12. The first-order valence-corrected chi connectivity index (χ1v) is 5.09. The van der Waals surface area contributed by atoms with E-state index in [0.29, 0.717) is 6.10 Å². The number of hydrogen-bond acceptors (Lipinski definition) is 3. The fourth-order valence-corrected chi connectivity index (χ4v) is 1.69. The van der Waals surface area contributed by atoms with Crippen LogP contribution in [0.3, 0.4) is 0 Å². The molecular formula is C7H16O3Si. The maximum absolute atomic E-state index is 5.26. The van der Waals surface area contributed by atoms with Crippen LogP contribution in [0.5, 0.6) is 0 Å². The van der Waals surface area contributed by atoms with Crippen molar-refractivity contribution in [2.75, 3.05) is 13.2 Å². The van der Waals surface area contributed by atoms with E-state index in [1.165, 1.54) is 0 Å². The minimum absolute atomic E-state index is 0.0340. The van der Waals surface area contributed by atoms with Crippen molar-refractivity contribution in [1.29, 1.82) is 0 Å². The van der Waals surface area contributed by atoms with E-state index in [9.17, 15) is 0 Å². The van der Waals surface area contributed by atoms with Gasteiger partial charge in [0.25, 0.3) is 0 Å². The molecule has 2 rings (SSSR count). The molecule has 0 N–H and O–H groups in total. The third-order valence-electron chi connectivity index (χ3n) is 1.48. The highest BCUT2D eigenvalue weighted by Gasteiger charge is 2.23. The summed E-state index contributed by atoms with van der Waals surface area (Å²) in [5.74, 6) is 0. The van der Waals surface area contributed by atoms with Gasteiger partial charge >= 0.3 is 10.0 Å². The SMILES string of the molecule is CC1(C)CO[SiH2]O1.CC1CO1. The molecule has 0 aliphatic carbocycles. The molecule has 66 valence electrons. The van der Waals surface area contributed by atoms with Crippen molar-refractivity contribution >= 4 is 10.0 Å². The quantitative estimate of drug-likeness (QED) is 0.391. The van der Waals surface area contributed by atoms with Crippen LogP contribution in [0.4, 0.5) is 0 Å². The zero-order chi connectivity index (χ0) is 8.32. The Labute approximate surface area is 70.1 Å². The fourth-order valence-electron chi connectivity index (χ4n) is 0.627. The van der Waals surface area contributed by atoms with Crippen LogP contribution in [0.1, 0.15) is 20.8 Å². The zero-order valence-corrected chi connectivity index (χ0v) is 8.84. The third kappa shape index (κ3) is 4.52. The molecule has 4 heteroatoms. The first-order valence-electron chi connectivity index (χ1n) is 3.93. The van der Waals surface area contributed by atoms with Crippen molar-refractivity contribution in [3.63, 3.8) is 0 Å². The Balaban J connectivity index is 0.000000128. The largest absolute Gasteiger partial charge is 0.396 e. The Kier molecular flexibility index (Phi) is 3.06. The molecule has 0 bridgehead atoms. The van der Waals surface area contributed by atoms with Crippen LogP contribution < -0.4 is 0 Å². The van der Waals surface area contributed by atoms with E-state index in [2.05, 4.69) is 6.92 Å². The Hall–Kier alpha value is 0.0969. The van der Waals surface area contributed by atoms with Gasteiger partial charge in [0.1, 0.15) is 0 Å². The molecule has 1 atom stereocenters. The van der Waals surface area contributed by atoms with Gasteiger partial charge in [0.15, 0.2) is 0 Å². The van der Waals surface area contributed by atoms with Crippen LogP contribution in [-0.2, 0) is 13.6 Å². The summed E-state index contributed by atoms with van der Waals surface area (Å²) in [4.78, 5) is 0. The van der Waals surface area contributed by atoms with E-state index in [1.54, 1.807) is 0 Å². The summed E-state index contributed by atoms with van der Waals surface area (Å²) >= 11 is 0. The van der Waals surface area contributed by atoms with Crippen molar-refractivity contribution in [2.24, 2.45) is 0 Å². The molecule has 0 aromatic heterocycles. The van der Waals surface area contributed by atoms with Gasteiger partial charge < -0.3 is 13.6 Å². The molecule has 0 aromatic carbocycles. The van der Waals surface area contributed by atoms with Crippen LogP contribution in [0.25, 0.3) is 0 Å². The molecule has 3 nitrogen and oxygen atoms in total. The normalized spacial score (nSPS) is 34.6. The number of ether oxygens (including phenoxy) is 1. The maximum Gasteiger partial charge on any atom is 0.305 e. The number of hydrogen-bond donors (Lipinski definition) is 0. The van der Waals surface area contributed by atoms with E-state index < -0.39 is 10.0 Å². The monoisotopic (exact) mass is 176 g/mol. The molecular weight excluding hydrogens is 160 g/mol. The predicted octanol–water partition coefficient (Wildman–Crippen LogP) is 0.216. The van der Waals surface area contributed by atoms with E-state index in [0.717, 1.165) is 13.2 Å². The van der Waals surface area contributed by atoms with E-state index in [4.69, 9.17) is 13.6 Å². The van der Waals surface area contributed by atoms with Gasteiger partial charge in [-0.3, -0.25) is 0 Å². The summed E-state index contributed by atoms with van der Waals surface area (Å²) < 4.78 is 15.0. The summed E-state index contributed by atoms with van der Waals surface area (Å²) in [6.07, 6.45) is 0.583. The molecule has 2 fully saturated rings. The standard InChI is InChI=1S/C4H10O2Si.C3H6O/c1-4(2)3-5-7-6-4;1-3-2-4-3/h3,7H2,1-2H3;3H,2H2,1H3. The van der Waals surface area contributed by atoms with Gasteiger partial charge in [-0.15, -0.1) is 0 Å². The van der Waals surface area contributed by atoms with Crippen LogP contribution in [0.2, 0.25) is 0 Å². The molecule has 2 heterocycles. The summed E-state index contributed by atoms with van der Waals surface area (Å²) in [6, 6.07) is 0. The second-order valence-corrected chi connectivity index (χ2v) is 4.45. The van der Waals surface area contributed by atoms with Crippen molar-refractivity contribution in [2.45, 2.75) is 32.5 Å². The Morgan fingerprint density at radius 3 is 2.09 bits per heavy atom. The maximum atomic E-state index is 5.26. The lowest BCUT2D eigenvalue weighted by atomic mass is 10.2. The number of epoxide rings is 1. The molecule has 2 aliphatic rings. The lowest BCUT2D eigenvalue weighted by Crippen LogP contribution is -2.21. The minimum Gasteiger partial charge on any atom is -0.396 e. The Morgan fingerprint density at radius 2 is 2.00 bits per heavy atom. The summed E-state index contributed by atoms with van der Waals surface area (Å²) in [5, 5.41) is 0. The zero-order valence-electron chi connectivity index (χ0n) is 7.42. The van der Waals surface area contributed by atoms with Crippen LogP contribution in [0.15, 0.2) is 0 Å². The first kappa shape index (κ1) is 9.19. The predicted molar refractivity (Wildman–Crippen MR) is 45.1 cm³/mol. The molecule has 1 unspecified atom stereocenters. The summed E-state index contributed by atoms with van der Waals surface area (Å²) in [5.41, 5.74) is 0.0340. The average Bonchev–Trinajstić information content (AvgIpc) is 2.57. The molecule has 2 aliphatic heterocycles. The third-order valence-corrected chi connectivity index (χ3v) is 2.75. The van der Waals surface area contributed by atoms with Gasteiger partial charge in [-0.1, -0.05) is 0 Å². The lowest BCUT2D eigenvalue weighted by molar-refractivity contribution is 0.139. The fraction of sp³-hybridized carbons (Fsp3) is 1.00. The van der Waals surface area contributed by atoms with Crippen molar-refractivity contribution < 1.29 is 13.6 Å². The second-order valence-electron chi connectivity index (χ2n) is 3.51. The summed E-state index contributed by atoms with van der Waals surface area (Å²) in [6.45, 7) is 7.93. The van der Waals surface area contributed by atoms with Gasteiger partial charge in [0.2, 0.25) is 0 Å². The summed E-state index contributed by atoms with van der Waals surface area (Å²) in [7, 11) is -0.561. The van der Waals surface area contributed by atoms with E-state index >= 15 is 0 Å². The highest BCUT2D eigenvalue weighted by atomic mass is 28.3. The second kappa shape index (κ2) is 3.67. The molecule has 0 radical (unpaired) electrons. The smallest absolute Gasteiger partial charge is 0.305 e. The molecule has 0 spiro atoms. The van der Waals surface area contributed by atoms with Crippen LogP contribution >= 0.6 is 0 Å². The van der Waals surface area contributed by atoms with Crippen LogP contribution in [-0.4, -0.2) is 34.9 Å². The van der Waals surface area contributed by atoms with Crippen LogP contribution in [0, 0.1) is 0 Å². The van der Waals surface area contributed by atoms with Gasteiger partial charge in [-0.25, -0.2) is 0 Å². The highest BCUT2D eigenvalue weighted by molar-refractivity contribution is 6.19. The molecule has 2 saturated heterocycles. The Morgan fingerprint density at radius 1 is 1.45 bits per heavy atom. The molecule has 0 amide bonds. The van der Waals surface area contributed by atoms with Gasteiger partial charge in [-0.05, 0) is 20.8 Å².